The van der Waals surface area contributed by atoms with Crippen molar-refractivity contribution in [1.29, 1.82) is 0 Å². The van der Waals surface area contributed by atoms with Gasteiger partial charge in [-0.3, -0.25) is 4.70 Å². The molecule has 9 heavy (non-hydrogen) atoms. The Morgan fingerprint density at radius 1 is 1.11 bits per heavy atom. The van der Waals surface area contributed by atoms with Crippen LogP contribution in [0, 0.1) is 0 Å². The van der Waals surface area contributed by atoms with E-state index in [0.717, 1.165) is 0 Å². The molecule has 0 N–H and O–H groups in total. The minimum absolute atomic E-state index is 0. The molecular formula is C7H18FSi. The lowest BCUT2D eigenvalue weighted by Crippen LogP contribution is -1.97. The molecule has 0 fully saturated rings. The maximum atomic E-state index is 2.39. The van der Waals surface area contributed by atoms with Gasteiger partial charge in [-0.2, -0.15) is 0 Å². The molecule has 0 atom stereocenters. The number of halogens is 1. The fourth-order valence-electron chi connectivity index (χ4n) is 0.729. The van der Waals surface area contributed by atoms with E-state index >= 15 is 0 Å². The molecule has 0 aliphatic carbocycles. The molecule has 57 valence electrons. The third-order valence-electron chi connectivity index (χ3n) is 1.28. The second-order valence-electron chi connectivity index (χ2n) is 2.66. The van der Waals surface area contributed by atoms with E-state index in [-0.39, 0.29) is 13.5 Å². The van der Waals surface area contributed by atoms with Gasteiger partial charge in [0.25, 0.3) is 0 Å². The second kappa shape index (κ2) is 8.15. The van der Waals surface area contributed by atoms with Crippen molar-refractivity contribution in [2.24, 2.45) is 0 Å². The van der Waals surface area contributed by atoms with Crippen molar-refractivity contribution in [2.45, 2.75) is 45.3 Å². The molecule has 0 aromatic heterocycles. The molecule has 2 heteroatoms. The summed E-state index contributed by atoms with van der Waals surface area (Å²) in [6.07, 6.45) is 4.28. The lowest BCUT2D eigenvalue weighted by molar-refractivity contribution is 0.766. The van der Waals surface area contributed by atoms with Crippen molar-refractivity contribution in [3.05, 3.63) is 0 Å². The predicted octanol–water partition coefficient (Wildman–Crippen LogP) is 3.08. The summed E-state index contributed by atoms with van der Waals surface area (Å²) in [5, 5.41) is 0. The van der Waals surface area contributed by atoms with Crippen LogP contribution in [0.4, 0.5) is 4.70 Å². The summed E-state index contributed by atoms with van der Waals surface area (Å²) < 4.78 is 0. The zero-order chi connectivity index (χ0) is 6.41. The Morgan fingerprint density at radius 2 is 1.67 bits per heavy atom. The molecule has 0 spiro atoms. The third-order valence-corrected chi connectivity index (χ3v) is 2.63. The first-order chi connectivity index (χ1) is 3.77. The van der Waals surface area contributed by atoms with Crippen LogP contribution < -0.4 is 0 Å². The van der Waals surface area contributed by atoms with E-state index in [2.05, 4.69) is 20.0 Å². The third kappa shape index (κ3) is 11.6. The van der Waals surface area contributed by atoms with Gasteiger partial charge in [0.05, 0.1) is 0 Å². The largest absolute Gasteiger partial charge is 0.269 e. The van der Waals surface area contributed by atoms with Crippen LogP contribution in [0.1, 0.15) is 26.2 Å². The van der Waals surface area contributed by atoms with Crippen molar-refractivity contribution in [2.75, 3.05) is 0 Å². The lowest BCUT2D eigenvalue weighted by Gasteiger charge is -1.98. The highest BCUT2D eigenvalue weighted by Crippen LogP contribution is 2.02. The van der Waals surface area contributed by atoms with Gasteiger partial charge in [-0.15, -0.1) is 0 Å². The van der Waals surface area contributed by atoms with Gasteiger partial charge in [0, 0.05) is 8.80 Å². The molecule has 0 bridgehead atoms. The van der Waals surface area contributed by atoms with Gasteiger partial charge in [0.15, 0.2) is 0 Å². The molecule has 0 aliphatic rings. The van der Waals surface area contributed by atoms with Crippen LogP contribution >= 0.6 is 0 Å². The van der Waals surface area contributed by atoms with E-state index in [1.54, 1.807) is 0 Å². The van der Waals surface area contributed by atoms with Crippen LogP contribution in [0.3, 0.4) is 0 Å². The summed E-state index contributed by atoms with van der Waals surface area (Å²) in [5.41, 5.74) is 0. The molecule has 0 saturated carbocycles. The summed E-state index contributed by atoms with van der Waals surface area (Å²) in [4.78, 5) is 0. The molecule has 1 radical (unpaired) electrons. The Morgan fingerprint density at radius 3 is 2.00 bits per heavy atom. The molecule has 0 unspecified atom stereocenters. The topological polar surface area (TPSA) is 0 Å². The average molecular weight is 149 g/mol. The van der Waals surface area contributed by atoms with Crippen molar-refractivity contribution in [3.63, 3.8) is 0 Å². The monoisotopic (exact) mass is 149 g/mol. The van der Waals surface area contributed by atoms with Crippen LogP contribution in [-0.4, -0.2) is 8.80 Å². The predicted molar refractivity (Wildman–Crippen MR) is 44.3 cm³/mol. The molecule has 0 aromatic carbocycles. The SMILES string of the molecule is CCCCC[Si](C)C.F. The second-order valence-corrected chi connectivity index (χ2v) is 5.58. The molecule has 0 aliphatic heterocycles. The van der Waals surface area contributed by atoms with Gasteiger partial charge in [-0.05, 0) is 0 Å². The van der Waals surface area contributed by atoms with Crippen molar-refractivity contribution in [3.8, 4) is 0 Å². The Balaban J connectivity index is 0. The Labute approximate surface area is 59.6 Å². The smallest absolute Gasteiger partial charge is 0.0412 e. The van der Waals surface area contributed by atoms with Crippen LogP contribution in [0.25, 0.3) is 0 Å². The van der Waals surface area contributed by atoms with Gasteiger partial charge >= 0.3 is 0 Å². The first-order valence-corrected chi connectivity index (χ1v) is 6.27. The van der Waals surface area contributed by atoms with E-state index in [0.29, 0.717) is 0 Å². The number of unbranched alkanes of at least 4 members (excludes halogenated alkanes) is 2. The fourth-order valence-corrected chi connectivity index (χ4v) is 1.69. The maximum Gasteiger partial charge on any atom is 0.0412 e. The molecule has 0 aromatic rings. The molecule has 0 heterocycles. The zero-order valence-electron chi connectivity index (χ0n) is 6.74. The van der Waals surface area contributed by atoms with Gasteiger partial charge in [-0.25, -0.2) is 0 Å². The van der Waals surface area contributed by atoms with Crippen molar-refractivity contribution >= 4 is 8.80 Å². The molecule has 0 saturated heterocycles. The Hall–Kier alpha value is 0.147. The molecule has 0 rings (SSSR count). The quantitative estimate of drug-likeness (QED) is 0.425. The highest BCUT2D eigenvalue weighted by molar-refractivity contribution is 6.55. The summed E-state index contributed by atoms with van der Waals surface area (Å²) in [5.74, 6) is 0. The highest BCUT2D eigenvalue weighted by atomic mass is 28.3. The fraction of sp³-hybridized carbons (Fsp3) is 1.00. The van der Waals surface area contributed by atoms with Crippen molar-refractivity contribution < 1.29 is 4.70 Å². The van der Waals surface area contributed by atoms with Crippen LogP contribution in [0.2, 0.25) is 19.1 Å². The number of hydrogen-bond acceptors (Lipinski definition) is 0. The first kappa shape index (κ1) is 11.9. The molecular weight excluding hydrogens is 131 g/mol. The minimum atomic E-state index is 0. The van der Waals surface area contributed by atoms with E-state index in [1.807, 2.05) is 0 Å². The standard InChI is InChI=1S/C7H17Si.FH/c1-4-5-6-7-8(2)3;/h4-7H2,1-3H3;1H. The Bertz CT molecular complexity index is 46.2. The summed E-state index contributed by atoms with van der Waals surface area (Å²) >= 11 is 0. The summed E-state index contributed by atoms with van der Waals surface area (Å²) in [7, 11) is 0.0929. The number of rotatable bonds is 4. The first-order valence-electron chi connectivity index (χ1n) is 3.56. The van der Waals surface area contributed by atoms with Gasteiger partial charge in [0.1, 0.15) is 0 Å². The zero-order valence-corrected chi connectivity index (χ0v) is 7.74. The average Bonchev–Trinajstić information content (AvgIpc) is 1.66. The van der Waals surface area contributed by atoms with E-state index in [4.69, 9.17) is 0 Å². The minimum Gasteiger partial charge on any atom is -0.269 e. The van der Waals surface area contributed by atoms with E-state index in [9.17, 15) is 0 Å². The van der Waals surface area contributed by atoms with Gasteiger partial charge < -0.3 is 0 Å². The van der Waals surface area contributed by atoms with Crippen LogP contribution in [0.15, 0.2) is 0 Å². The summed E-state index contributed by atoms with van der Waals surface area (Å²) in [6, 6.07) is 1.51. The highest BCUT2D eigenvalue weighted by Gasteiger charge is 1.92. The summed E-state index contributed by atoms with van der Waals surface area (Å²) in [6.45, 7) is 7.04. The van der Waals surface area contributed by atoms with Crippen LogP contribution in [0.5, 0.6) is 0 Å². The van der Waals surface area contributed by atoms with Crippen molar-refractivity contribution in [1.82, 2.24) is 0 Å². The van der Waals surface area contributed by atoms with E-state index < -0.39 is 0 Å². The normalized spacial score (nSPS) is 9.33. The lowest BCUT2D eigenvalue weighted by atomic mass is 10.3. The molecule has 0 amide bonds. The van der Waals surface area contributed by atoms with Gasteiger partial charge in [-0.1, -0.05) is 45.3 Å². The van der Waals surface area contributed by atoms with Crippen LogP contribution in [-0.2, 0) is 0 Å². The van der Waals surface area contributed by atoms with Gasteiger partial charge in [0.2, 0.25) is 0 Å². The molecule has 0 nitrogen and oxygen atoms in total. The Kier molecular flexibility index (Phi) is 10.8. The maximum absolute atomic E-state index is 2.39. The number of hydrogen-bond donors (Lipinski definition) is 0. The van der Waals surface area contributed by atoms with E-state index in [1.165, 1.54) is 25.3 Å².